The molecule has 0 radical (unpaired) electrons. The molecule has 1 N–H and O–H groups in total. The van der Waals surface area contributed by atoms with Crippen molar-refractivity contribution in [2.75, 3.05) is 27.2 Å². The van der Waals surface area contributed by atoms with Crippen LogP contribution >= 0.6 is 0 Å². The zero-order valence-corrected chi connectivity index (χ0v) is 13.7. The lowest BCUT2D eigenvalue weighted by molar-refractivity contribution is -0.0815. The third-order valence-electron chi connectivity index (χ3n) is 3.79. The summed E-state index contributed by atoms with van der Waals surface area (Å²) in [4.78, 5) is 0. The van der Waals surface area contributed by atoms with Gasteiger partial charge in [-0.1, -0.05) is 6.07 Å². The largest absolute Gasteiger partial charge is 0.486 e. The van der Waals surface area contributed by atoms with E-state index in [4.69, 9.17) is 4.74 Å². The summed E-state index contributed by atoms with van der Waals surface area (Å²) in [6, 6.07) is 5.55. The maximum absolute atomic E-state index is 13.2. The second-order valence-electron chi connectivity index (χ2n) is 5.82. The summed E-state index contributed by atoms with van der Waals surface area (Å²) >= 11 is 0. The van der Waals surface area contributed by atoms with Crippen LogP contribution in [0, 0.1) is 5.82 Å². The number of rotatable bonds is 4. The lowest BCUT2D eigenvalue weighted by atomic mass is 9.91. The average molecular weight is 332 g/mol. The molecule has 0 unspecified atom stereocenters. The smallest absolute Gasteiger partial charge is 0.281 e. The second-order valence-corrected chi connectivity index (χ2v) is 7.96. The van der Waals surface area contributed by atoms with E-state index in [0.717, 1.165) is 4.31 Å². The van der Waals surface area contributed by atoms with E-state index in [2.05, 4.69) is 0 Å². The maximum atomic E-state index is 13.2. The SMILES string of the molecule is CN(C)S(=O)(=O)N1CC[C@@](C)(O)[C@H](Oc2cccc(F)c2)C1. The minimum Gasteiger partial charge on any atom is -0.486 e. The standard InChI is InChI=1S/C14H21FN2O4S/c1-14(18)7-8-17(22(19,20)16(2)3)10-13(14)21-12-6-4-5-11(15)9-12/h4-6,9,13,18H,7-8,10H2,1-3H3/t13-,14-/m1/s1. The quantitative estimate of drug-likeness (QED) is 0.887. The topological polar surface area (TPSA) is 70.1 Å². The van der Waals surface area contributed by atoms with Gasteiger partial charge < -0.3 is 9.84 Å². The molecular weight excluding hydrogens is 311 g/mol. The highest BCUT2D eigenvalue weighted by atomic mass is 32.2. The van der Waals surface area contributed by atoms with Gasteiger partial charge in [0.2, 0.25) is 0 Å². The van der Waals surface area contributed by atoms with E-state index in [1.165, 1.54) is 36.6 Å². The molecule has 0 spiro atoms. The second kappa shape index (κ2) is 6.11. The Labute approximate surface area is 130 Å². The van der Waals surface area contributed by atoms with Crippen molar-refractivity contribution in [1.29, 1.82) is 0 Å². The summed E-state index contributed by atoms with van der Waals surface area (Å²) in [5, 5.41) is 10.4. The number of hydrogen-bond donors (Lipinski definition) is 1. The third kappa shape index (κ3) is 3.57. The Morgan fingerprint density at radius 3 is 2.73 bits per heavy atom. The summed E-state index contributed by atoms with van der Waals surface area (Å²) in [6.45, 7) is 1.80. The van der Waals surface area contributed by atoms with Crippen molar-refractivity contribution in [3.05, 3.63) is 30.1 Å². The highest BCUT2D eigenvalue weighted by molar-refractivity contribution is 7.86. The Morgan fingerprint density at radius 1 is 1.45 bits per heavy atom. The number of halogens is 1. The van der Waals surface area contributed by atoms with Gasteiger partial charge in [-0.25, -0.2) is 4.39 Å². The first kappa shape index (κ1) is 17.1. The lowest BCUT2D eigenvalue weighted by Crippen LogP contribution is -2.59. The number of hydrogen-bond acceptors (Lipinski definition) is 4. The van der Waals surface area contributed by atoms with Crippen LogP contribution in [0.5, 0.6) is 5.75 Å². The van der Waals surface area contributed by atoms with Crippen molar-refractivity contribution in [3.63, 3.8) is 0 Å². The zero-order chi connectivity index (χ0) is 16.5. The molecule has 2 atom stereocenters. The van der Waals surface area contributed by atoms with Gasteiger partial charge in [0.05, 0.1) is 6.54 Å². The van der Waals surface area contributed by atoms with Gasteiger partial charge in [0, 0.05) is 26.7 Å². The van der Waals surface area contributed by atoms with Gasteiger partial charge >= 0.3 is 0 Å². The number of piperidine rings is 1. The minimum absolute atomic E-state index is 0.00399. The van der Waals surface area contributed by atoms with E-state index in [-0.39, 0.29) is 25.3 Å². The number of ether oxygens (including phenoxy) is 1. The minimum atomic E-state index is -3.58. The van der Waals surface area contributed by atoms with Crippen LogP contribution < -0.4 is 4.74 Å². The van der Waals surface area contributed by atoms with Crippen LogP contribution in [0.4, 0.5) is 4.39 Å². The van der Waals surface area contributed by atoms with E-state index in [1.54, 1.807) is 13.0 Å². The predicted molar refractivity (Wildman–Crippen MR) is 80.2 cm³/mol. The summed E-state index contributed by atoms with van der Waals surface area (Å²) in [5.74, 6) is -0.194. The van der Waals surface area contributed by atoms with Gasteiger partial charge in [-0.3, -0.25) is 0 Å². The van der Waals surface area contributed by atoms with Gasteiger partial charge in [-0.2, -0.15) is 17.0 Å². The molecule has 0 bridgehead atoms. The molecule has 0 saturated carbocycles. The van der Waals surface area contributed by atoms with E-state index in [9.17, 15) is 17.9 Å². The van der Waals surface area contributed by atoms with Crippen molar-refractivity contribution < 1.29 is 22.7 Å². The molecular formula is C14H21FN2O4S. The predicted octanol–water partition coefficient (Wildman–Crippen LogP) is 0.836. The van der Waals surface area contributed by atoms with E-state index in [1.807, 2.05) is 0 Å². The van der Waals surface area contributed by atoms with E-state index >= 15 is 0 Å². The molecule has 2 rings (SSSR count). The normalized spacial score (nSPS) is 27.1. The lowest BCUT2D eigenvalue weighted by Gasteiger charge is -2.42. The van der Waals surface area contributed by atoms with Gasteiger partial charge in [0.15, 0.2) is 0 Å². The monoisotopic (exact) mass is 332 g/mol. The van der Waals surface area contributed by atoms with Gasteiger partial charge in [-0.15, -0.1) is 0 Å². The highest BCUT2D eigenvalue weighted by Crippen LogP contribution is 2.28. The van der Waals surface area contributed by atoms with Crippen LogP contribution in [0.15, 0.2) is 24.3 Å². The molecule has 1 aromatic carbocycles. The number of aliphatic hydroxyl groups is 1. The Balaban J connectivity index is 2.20. The molecule has 8 heteroatoms. The Morgan fingerprint density at radius 2 is 2.14 bits per heavy atom. The van der Waals surface area contributed by atoms with Crippen molar-refractivity contribution in [1.82, 2.24) is 8.61 Å². The van der Waals surface area contributed by atoms with Gasteiger partial charge in [0.25, 0.3) is 10.2 Å². The first-order valence-electron chi connectivity index (χ1n) is 6.95. The molecule has 1 fully saturated rings. The van der Waals surface area contributed by atoms with Crippen LogP contribution in [0.25, 0.3) is 0 Å². The molecule has 0 amide bonds. The summed E-state index contributed by atoms with van der Waals surface area (Å²) in [7, 11) is -0.684. The Bertz CT molecular complexity index is 633. The summed E-state index contributed by atoms with van der Waals surface area (Å²) in [5.41, 5.74) is -1.19. The molecule has 22 heavy (non-hydrogen) atoms. The maximum Gasteiger partial charge on any atom is 0.281 e. The third-order valence-corrected chi connectivity index (χ3v) is 5.70. The van der Waals surface area contributed by atoms with E-state index < -0.39 is 27.7 Å². The number of benzene rings is 1. The first-order chi connectivity index (χ1) is 10.1. The molecule has 1 aromatic rings. The summed E-state index contributed by atoms with van der Waals surface area (Å²) < 4.78 is 45.7. The van der Waals surface area contributed by atoms with Crippen molar-refractivity contribution in [2.24, 2.45) is 0 Å². The zero-order valence-electron chi connectivity index (χ0n) is 12.9. The summed E-state index contributed by atoms with van der Waals surface area (Å²) in [6.07, 6.45) is -0.544. The van der Waals surface area contributed by atoms with Gasteiger partial charge in [-0.05, 0) is 25.5 Å². The molecule has 1 aliphatic heterocycles. The molecule has 124 valence electrons. The van der Waals surface area contributed by atoms with Crippen molar-refractivity contribution in [2.45, 2.75) is 25.0 Å². The fourth-order valence-electron chi connectivity index (χ4n) is 2.29. The fraction of sp³-hybridized carbons (Fsp3) is 0.571. The molecule has 0 aliphatic carbocycles. The van der Waals surface area contributed by atoms with Crippen molar-refractivity contribution in [3.8, 4) is 5.75 Å². The first-order valence-corrected chi connectivity index (χ1v) is 8.35. The molecule has 6 nitrogen and oxygen atoms in total. The Kier molecular flexibility index (Phi) is 4.76. The molecule has 0 aromatic heterocycles. The fourth-order valence-corrected chi connectivity index (χ4v) is 3.40. The molecule has 1 aliphatic rings. The van der Waals surface area contributed by atoms with Crippen LogP contribution in [0.3, 0.4) is 0 Å². The van der Waals surface area contributed by atoms with Crippen LogP contribution in [-0.4, -0.2) is 61.0 Å². The molecule has 1 heterocycles. The average Bonchev–Trinajstić information content (AvgIpc) is 2.40. The van der Waals surface area contributed by atoms with Crippen molar-refractivity contribution >= 4 is 10.2 Å². The van der Waals surface area contributed by atoms with Crippen LogP contribution in [0.1, 0.15) is 13.3 Å². The van der Waals surface area contributed by atoms with Crippen LogP contribution in [-0.2, 0) is 10.2 Å². The van der Waals surface area contributed by atoms with Gasteiger partial charge in [0.1, 0.15) is 23.3 Å². The number of nitrogens with zero attached hydrogens (tertiary/aromatic N) is 2. The highest BCUT2D eigenvalue weighted by Gasteiger charge is 2.43. The van der Waals surface area contributed by atoms with Crippen LogP contribution in [0.2, 0.25) is 0 Å². The Hall–Kier alpha value is -1.22. The van der Waals surface area contributed by atoms with E-state index in [0.29, 0.717) is 0 Å². The molecule has 1 saturated heterocycles.